The van der Waals surface area contributed by atoms with Gasteiger partial charge in [0.1, 0.15) is 11.3 Å². The summed E-state index contributed by atoms with van der Waals surface area (Å²) in [6.07, 6.45) is -4.45. The number of halogens is 3. The van der Waals surface area contributed by atoms with E-state index in [0.29, 0.717) is 0 Å². The minimum atomic E-state index is -4.45. The highest BCUT2D eigenvalue weighted by atomic mass is 19.4. The van der Waals surface area contributed by atoms with Gasteiger partial charge in [0, 0.05) is 0 Å². The van der Waals surface area contributed by atoms with Gasteiger partial charge in [0.25, 0.3) is 0 Å². The average molecular weight is 194 g/mol. The minimum absolute atomic E-state index is 0.0279. The van der Waals surface area contributed by atoms with E-state index in [-0.39, 0.29) is 5.69 Å². The lowest BCUT2D eigenvalue weighted by atomic mass is 10.1. The predicted molar refractivity (Wildman–Crippen MR) is 38.8 cm³/mol. The van der Waals surface area contributed by atoms with Crippen molar-refractivity contribution in [3.05, 3.63) is 17.5 Å². The molecule has 0 radical (unpaired) electrons. The van der Waals surface area contributed by atoms with Crippen LogP contribution in [0.25, 0.3) is 0 Å². The molecule has 1 rings (SSSR count). The molecule has 0 bridgehead atoms. The van der Waals surface area contributed by atoms with Crippen LogP contribution in [0.4, 0.5) is 13.2 Å². The van der Waals surface area contributed by atoms with Crippen LogP contribution in [-0.2, 0) is 11.8 Å². The lowest BCUT2D eigenvalue weighted by Gasteiger charge is -2.12. The summed E-state index contributed by atoms with van der Waals surface area (Å²) in [5.74, 6) is 0. The van der Waals surface area contributed by atoms with Crippen LogP contribution in [0.1, 0.15) is 25.2 Å². The topological polar surface area (TPSA) is 48.9 Å². The Kier molecular flexibility index (Phi) is 2.11. The van der Waals surface area contributed by atoms with Gasteiger partial charge in [-0.2, -0.15) is 18.3 Å². The van der Waals surface area contributed by atoms with Gasteiger partial charge in [0.15, 0.2) is 0 Å². The number of aliphatic hydroxyl groups is 1. The third-order valence-electron chi connectivity index (χ3n) is 1.51. The van der Waals surface area contributed by atoms with Gasteiger partial charge in [-0.25, -0.2) is 0 Å². The second kappa shape index (κ2) is 2.73. The van der Waals surface area contributed by atoms with Gasteiger partial charge in [-0.1, -0.05) is 0 Å². The molecule has 0 spiro atoms. The Morgan fingerprint density at radius 1 is 1.38 bits per heavy atom. The van der Waals surface area contributed by atoms with Crippen molar-refractivity contribution < 1.29 is 18.3 Å². The molecule has 0 atom stereocenters. The Balaban J connectivity index is 3.01. The van der Waals surface area contributed by atoms with Gasteiger partial charge in [-0.05, 0) is 19.9 Å². The lowest BCUT2D eigenvalue weighted by Crippen LogP contribution is -2.15. The molecule has 0 saturated heterocycles. The number of nitrogens with zero attached hydrogens (tertiary/aromatic N) is 1. The minimum Gasteiger partial charge on any atom is -0.384 e. The molecule has 0 aromatic carbocycles. The molecule has 1 aromatic heterocycles. The second-order valence-electron chi connectivity index (χ2n) is 3.22. The number of aromatic amines is 1. The van der Waals surface area contributed by atoms with E-state index in [0.717, 1.165) is 6.07 Å². The number of nitrogens with one attached hydrogen (secondary N) is 1. The molecular weight excluding hydrogens is 185 g/mol. The van der Waals surface area contributed by atoms with Gasteiger partial charge in [-0.15, -0.1) is 0 Å². The largest absolute Gasteiger partial charge is 0.432 e. The first-order valence-corrected chi connectivity index (χ1v) is 3.57. The first kappa shape index (κ1) is 10.0. The number of aromatic nitrogens is 2. The second-order valence-corrected chi connectivity index (χ2v) is 3.22. The molecule has 6 heteroatoms. The van der Waals surface area contributed by atoms with Crippen LogP contribution in [0.5, 0.6) is 0 Å². The molecule has 2 N–H and O–H groups in total. The first-order chi connectivity index (χ1) is 5.71. The Morgan fingerprint density at radius 3 is 2.15 bits per heavy atom. The van der Waals surface area contributed by atoms with Crippen LogP contribution < -0.4 is 0 Å². The Hall–Kier alpha value is -1.04. The van der Waals surface area contributed by atoms with E-state index in [4.69, 9.17) is 0 Å². The van der Waals surface area contributed by atoms with Crippen LogP contribution in [0.2, 0.25) is 0 Å². The Bertz CT molecular complexity index is 269. The quantitative estimate of drug-likeness (QED) is 0.714. The van der Waals surface area contributed by atoms with Gasteiger partial charge in [0.05, 0.1) is 5.69 Å². The summed E-state index contributed by atoms with van der Waals surface area (Å²) in [7, 11) is 0. The molecule has 1 heterocycles. The molecule has 74 valence electrons. The molecule has 0 amide bonds. The standard InChI is InChI=1S/C7H9F3N2O/c1-6(2,13)4-3-5(12-11-4)7(8,9)10/h3,13H,1-2H3,(H,11,12). The van der Waals surface area contributed by atoms with E-state index in [2.05, 4.69) is 5.10 Å². The molecule has 0 fully saturated rings. The monoisotopic (exact) mass is 194 g/mol. The van der Waals surface area contributed by atoms with Crippen molar-refractivity contribution in [3.8, 4) is 0 Å². The van der Waals surface area contributed by atoms with E-state index in [1.54, 1.807) is 0 Å². The van der Waals surface area contributed by atoms with Crippen molar-refractivity contribution in [2.75, 3.05) is 0 Å². The summed E-state index contributed by atoms with van der Waals surface area (Å²) in [4.78, 5) is 0. The highest BCUT2D eigenvalue weighted by Gasteiger charge is 2.34. The Morgan fingerprint density at radius 2 is 1.92 bits per heavy atom. The van der Waals surface area contributed by atoms with Gasteiger partial charge in [0.2, 0.25) is 0 Å². The van der Waals surface area contributed by atoms with Crippen LogP contribution in [0.15, 0.2) is 6.07 Å². The fraction of sp³-hybridized carbons (Fsp3) is 0.571. The third-order valence-corrected chi connectivity index (χ3v) is 1.51. The SMILES string of the molecule is CC(C)(O)c1cc(C(F)(F)F)[nH]n1. The van der Waals surface area contributed by atoms with E-state index in [1.807, 2.05) is 5.10 Å². The van der Waals surface area contributed by atoms with E-state index in [9.17, 15) is 18.3 Å². The number of alkyl halides is 3. The highest BCUT2D eigenvalue weighted by molar-refractivity contribution is 5.16. The summed E-state index contributed by atoms with van der Waals surface area (Å²) >= 11 is 0. The predicted octanol–water partition coefficient (Wildman–Crippen LogP) is 1.66. The molecule has 1 aromatic rings. The maximum atomic E-state index is 12.0. The fourth-order valence-corrected chi connectivity index (χ4v) is 0.780. The maximum Gasteiger partial charge on any atom is 0.432 e. The van der Waals surface area contributed by atoms with E-state index in [1.165, 1.54) is 13.8 Å². The Labute approximate surface area is 72.6 Å². The first-order valence-electron chi connectivity index (χ1n) is 3.57. The molecule has 0 aliphatic rings. The van der Waals surface area contributed by atoms with Crippen molar-refractivity contribution in [1.82, 2.24) is 10.2 Å². The highest BCUT2D eigenvalue weighted by Crippen LogP contribution is 2.29. The summed E-state index contributed by atoms with van der Waals surface area (Å²) < 4.78 is 36.1. The molecule has 3 nitrogen and oxygen atoms in total. The zero-order valence-corrected chi connectivity index (χ0v) is 7.11. The summed E-state index contributed by atoms with van der Waals surface area (Å²) in [6.45, 7) is 2.73. The molecule has 0 aliphatic heterocycles. The normalized spacial score (nSPS) is 13.4. The van der Waals surface area contributed by atoms with Crippen molar-refractivity contribution in [1.29, 1.82) is 0 Å². The number of hydrogen-bond acceptors (Lipinski definition) is 2. The maximum absolute atomic E-state index is 12.0. The molecule has 0 saturated carbocycles. The van der Waals surface area contributed by atoms with Crippen LogP contribution in [-0.4, -0.2) is 15.3 Å². The fourth-order valence-electron chi connectivity index (χ4n) is 0.780. The number of hydrogen-bond donors (Lipinski definition) is 2. The van der Waals surface area contributed by atoms with Gasteiger partial charge >= 0.3 is 6.18 Å². The lowest BCUT2D eigenvalue weighted by molar-refractivity contribution is -0.141. The molecule has 13 heavy (non-hydrogen) atoms. The molecular formula is C7H9F3N2O. The summed E-state index contributed by atoms with van der Waals surface area (Å²) in [5.41, 5.74) is -2.34. The summed E-state index contributed by atoms with van der Waals surface area (Å²) in [5, 5.41) is 14.5. The zero-order valence-electron chi connectivity index (χ0n) is 7.11. The zero-order chi connectivity index (χ0) is 10.3. The van der Waals surface area contributed by atoms with Crippen molar-refractivity contribution in [3.63, 3.8) is 0 Å². The van der Waals surface area contributed by atoms with Crippen LogP contribution in [0, 0.1) is 0 Å². The smallest absolute Gasteiger partial charge is 0.384 e. The van der Waals surface area contributed by atoms with E-state index < -0.39 is 17.5 Å². The summed E-state index contributed by atoms with van der Waals surface area (Å²) in [6, 6.07) is 0.792. The number of H-pyrrole nitrogens is 1. The van der Waals surface area contributed by atoms with Gasteiger partial charge < -0.3 is 5.11 Å². The van der Waals surface area contributed by atoms with Gasteiger partial charge in [-0.3, -0.25) is 5.10 Å². The molecule has 0 aliphatic carbocycles. The number of rotatable bonds is 1. The van der Waals surface area contributed by atoms with Crippen molar-refractivity contribution in [2.45, 2.75) is 25.6 Å². The van der Waals surface area contributed by atoms with Crippen molar-refractivity contribution in [2.24, 2.45) is 0 Å². The average Bonchev–Trinajstić information content (AvgIpc) is 2.28. The van der Waals surface area contributed by atoms with Crippen LogP contribution >= 0.6 is 0 Å². The van der Waals surface area contributed by atoms with Crippen molar-refractivity contribution >= 4 is 0 Å². The molecule has 0 unspecified atom stereocenters. The third kappa shape index (κ3) is 2.21. The van der Waals surface area contributed by atoms with E-state index >= 15 is 0 Å². The van der Waals surface area contributed by atoms with Crippen LogP contribution in [0.3, 0.4) is 0 Å².